The van der Waals surface area contributed by atoms with Crippen molar-refractivity contribution in [1.82, 2.24) is 9.55 Å². The third-order valence-corrected chi connectivity index (χ3v) is 4.77. The molecule has 0 radical (unpaired) electrons. The van der Waals surface area contributed by atoms with Gasteiger partial charge in [-0.1, -0.05) is 26.0 Å². The molecule has 1 N–H and O–H groups in total. The standard InChI is InChI=1S/C18H15N3O3S/c1-10(2)15-20-16-14(13(9-25-16)18(23)24)17(22)21(15)8-12-5-3-11(7-19)4-6-12/h3-6,9-10H,8H2,1-2H3,(H,23,24). The Balaban J connectivity index is 2.20. The van der Waals surface area contributed by atoms with Crippen LogP contribution in [0.2, 0.25) is 0 Å². The summed E-state index contributed by atoms with van der Waals surface area (Å²) in [6.45, 7) is 4.15. The van der Waals surface area contributed by atoms with Gasteiger partial charge in [0.25, 0.3) is 5.56 Å². The maximum Gasteiger partial charge on any atom is 0.337 e. The Morgan fingerprint density at radius 2 is 2.04 bits per heavy atom. The molecule has 0 spiro atoms. The Morgan fingerprint density at radius 3 is 2.60 bits per heavy atom. The van der Waals surface area contributed by atoms with Crippen LogP contribution in [0.5, 0.6) is 0 Å². The molecule has 0 aliphatic rings. The van der Waals surface area contributed by atoms with Crippen molar-refractivity contribution >= 4 is 27.5 Å². The van der Waals surface area contributed by atoms with E-state index in [1.807, 2.05) is 13.8 Å². The number of fused-ring (bicyclic) bond motifs is 1. The van der Waals surface area contributed by atoms with Gasteiger partial charge in [0.1, 0.15) is 10.7 Å². The van der Waals surface area contributed by atoms with Crippen LogP contribution in [0.15, 0.2) is 34.4 Å². The van der Waals surface area contributed by atoms with E-state index in [1.165, 1.54) is 21.3 Å². The number of aromatic carboxylic acids is 1. The van der Waals surface area contributed by atoms with Crippen LogP contribution < -0.4 is 5.56 Å². The van der Waals surface area contributed by atoms with Crippen LogP contribution in [0.3, 0.4) is 0 Å². The lowest BCUT2D eigenvalue weighted by molar-refractivity contribution is 0.0699. The largest absolute Gasteiger partial charge is 0.478 e. The van der Waals surface area contributed by atoms with E-state index in [0.717, 1.165) is 5.56 Å². The molecular formula is C18H15N3O3S. The van der Waals surface area contributed by atoms with Crippen LogP contribution in [-0.2, 0) is 6.54 Å². The highest BCUT2D eigenvalue weighted by Gasteiger charge is 2.20. The molecule has 0 aliphatic carbocycles. The van der Waals surface area contributed by atoms with Crippen molar-refractivity contribution in [3.63, 3.8) is 0 Å². The van der Waals surface area contributed by atoms with Gasteiger partial charge in [0.15, 0.2) is 0 Å². The highest BCUT2D eigenvalue weighted by Crippen LogP contribution is 2.24. The van der Waals surface area contributed by atoms with Gasteiger partial charge < -0.3 is 5.11 Å². The Hall–Kier alpha value is -2.98. The fourth-order valence-electron chi connectivity index (χ4n) is 2.66. The quantitative estimate of drug-likeness (QED) is 0.777. The summed E-state index contributed by atoms with van der Waals surface area (Å²) in [6.07, 6.45) is 0. The monoisotopic (exact) mass is 353 g/mol. The molecule has 2 heterocycles. The maximum atomic E-state index is 13.0. The lowest BCUT2D eigenvalue weighted by atomic mass is 10.1. The minimum atomic E-state index is -1.13. The van der Waals surface area contributed by atoms with Crippen molar-refractivity contribution in [3.05, 3.63) is 62.5 Å². The summed E-state index contributed by atoms with van der Waals surface area (Å²) < 4.78 is 1.52. The fourth-order valence-corrected chi connectivity index (χ4v) is 3.57. The summed E-state index contributed by atoms with van der Waals surface area (Å²) in [7, 11) is 0. The number of hydrogen-bond acceptors (Lipinski definition) is 5. The number of carbonyl (C=O) groups is 1. The molecule has 0 saturated heterocycles. The average molecular weight is 353 g/mol. The zero-order valence-corrected chi connectivity index (χ0v) is 14.5. The lowest BCUT2D eigenvalue weighted by Crippen LogP contribution is -2.27. The van der Waals surface area contributed by atoms with Gasteiger partial charge >= 0.3 is 5.97 Å². The average Bonchev–Trinajstić information content (AvgIpc) is 3.02. The van der Waals surface area contributed by atoms with Crippen molar-refractivity contribution in [1.29, 1.82) is 5.26 Å². The van der Waals surface area contributed by atoms with E-state index in [0.29, 0.717) is 16.2 Å². The second-order valence-corrected chi connectivity index (χ2v) is 6.82. The Bertz CT molecular complexity index is 1060. The number of nitriles is 1. The molecule has 3 rings (SSSR count). The topological polar surface area (TPSA) is 96.0 Å². The summed E-state index contributed by atoms with van der Waals surface area (Å²) >= 11 is 1.17. The van der Waals surface area contributed by atoms with Crippen LogP contribution in [-0.4, -0.2) is 20.6 Å². The highest BCUT2D eigenvalue weighted by atomic mass is 32.1. The molecule has 0 amide bonds. The van der Waals surface area contributed by atoms with E-state index in [2.05, 4.69) is 11.1 Å². The van der Waals surface area contributed by atoms with Crippen molar-refractivity contribution in [2.75, 3.05) is 0 Å². The molecule has 0 saturated carbocycles. The predicted octanol–water partition coefficient (Wildman–Crippen LogP) is 3.20. The summed E-state index contributed by atoms with van der Waals surface area (Å²) in [5.74, 6) is -0.515. The first-order valence-corrected chi connectivity index (χ1v) is 8.54. The van der Waals surface area contributed by atoms with Gasteiger partial charge in [-0.05, 0) is 17.7 Å². The zero-order valence-electron chi connectivity index (χ0n) is 13.7. The number of rotatable bonds is 4. The highest BCUT2D eigenvalue weighted by molar-refractivity contribution is 7.17. The normalized spacial score (nSPS) is 11.0. The van der Waals surface area contributed by atoms with Gasteiger partial charge in [-0.15, -0.1) is 11.3 Å². The predicted molar refractivity (Wildman–Crippen MR) is 95.2 cm³/mol. The third kappa shape index (κ3) is 3.04. The van der Waals surface area contributed by atoms with E-state index in [4.69, 9.17) is 5.26 Å². The van der Waals surface area contributed by atoms with E-state index in [1.54, 1.807) is 24.3 Å². The zero-order chi connectivity index (χ0) is 18.1. The third-order valence-electron chi connectivity index (χ3n) is 3.89. The summed E-state index contributed by atoms with van der Waals surface area (Å²) in [4.78, 5) is 29.3. The molecule has 0 aliphatic heterocycles. The van der Waals surface area contributed by atoms with E-state index in [9.17, 15) is 14.7 Å². The van der Waals surface area contributed by atoms with Crippen LogP contribution in [0.25, 0.3) is 10.2 Å². The first-order valence-electron chi connectivity index (χ1n) is 7.66. The number of aromatic nitrogens is 2. The molecule has 3 aromatic rings. The number of carboxylic acids is 1. The van der Waals surface area contributed by atoms with E-state index < -0.39 is 5.97 Å². The number of hydrogen-bond donors (Lipinski definition) is 1. The molecule has 0 fully saturated rings. The Kier molecular flexibility index (Phi) is 4.38. The number of benzene rings is 1. The Labute approximate surface area is 147 Å². The molecule has 126 valence electrons. The smallest absolute Gasteiger partial charge is 0.337 e. The van der Waals surface area contributed by atoms with Gasteiger partial charge in [0.05, 0.1) is 29.1 Å². The van der Waals surface area contributed by atoms with Gasteiger partial charge in [0, 0.05) is 11.3 Å². The SMILES string of the molecule is CC(C)c1nc2scc(C(=O)O)c2c(=O)n1Cc1ccc(C#N)cc1. The molecule has 25 heavy (non-hydrogen) atoms. The number of carboxylic acid groups (broad SMARTS) is 1. The van der Waals surface area contributed by atoms with Gasteiger partial charge in [-0.3, -0.25) is 9.36 Å². The molecule has 0 unspecified atom stereocenters. The van der Waals surface area contributed by atoms with Crippen LogP contribution in [0.4, 0.5) is 0 Å². The maximum absolute atomic E-state index is 13.0. The van der Waals surface area contributed by atoms with E-state index in [-0.39, 0.29) is 29.0 Å². The molecule has 1 aromatic carbocycles. The van der Waals surface area contributed by atoms with Gasteiger partial charge in [-0.25, -0.2) is 9.78 Å². The van der Waals surface area contributed by atoms with Crippen LogP contribution in [0, 0.1) is 11.3 Å². The minimum Gasteiger partial charge on any atom is -0.478 e. The van der Waals surface area contributed by atoms with Crippen LogP contribution >= 0.6 is 11.3 Å². The minimum absolute atomic E-state index is 0.00543. The first kappa shape index (κ1) is 16.9. The lowest BCUT2D eigenvalue weighted by Gasteiger charge is -2.15. The molecule has 2 aromatic heterocycles. The van der Waals surface area contributed by atoms with Crippen molar-refractivity contribution in [2.24, 2.45) is 0 Å². The second kappa shape index (κ2) is 6.49. The summed E-state index contributed by atoms with van der Waals surface area (Å²) in [5, 5.41) is 19.8. The molecule has 7 heteroatoms. The van der Waals surface area contributed by atoms with Gasteiger partial charge in [-0.2, -0.15) is 5.26 Å². The van der Waals surface area contributed by atoms with Crippen molar-refractivity contribution in [3.8, 4) is 6.07 Å². The summed E-state index contributed by atoms with van der Waals surface area (Å²) in [5.41, 5.74) is 1.02. The summed E-state index contributed by atoms with van der Waals surface area (Å²) in [6, 6.07) is 9.00. The van der Waals surface area contributed by atoms with Crippen LogP contribution in [0.1, 0.15) is 47.1 Å². The van der Waals surface area contributed by atoms with Crippen molar-refractivity contribution < 1.29 is 9.90 Å². The number of nitrogens with zero attached hydrogens (tertiary/aromatic N) is 3. The molecular weight excluding hydrogens is 338 g/mol. The molecule has 0 bridgehead atoms. The van der Waals surface area contributed by atoms with Gasteiger partial charge in [0.2, 0.25) is 0 Å². The Morgan fingerprint density at radius 1 is 1.36 bits per heavy atom. The molecule has 0 atom stereocenters. The molecule has 6 nitrogen and oxygen atoms in total. The number of thiophene rings is 1. The second-order valence-electron chi connectivity index (χ2n) is 5.96. The van der Waals surface area contributed by atoms with E-state index >= 15 is 0 Å². The van der Waals surface area contributed by atoms with Crippen molar-refractivity contribution in [2.45, 2.75) is 26.3 Å². The fraction of sp³-hybridized carbons (Fsp3) is 0.222. The first-order chi connectivity index (χ1) is 11.9.